The average molecular weight is 291 g/mol. The van der Waals surface area contributed by atoms with Crippen LogP contribution in [0.15, 0.2) is 24.3 Å². The Labute approximate surface area is 124 Å². The molecule has 0 aromatic heterocycles. The van der Waals surface area contributed by atoms with E-state index in [9.17, 15) is 9.59 Å². The number of nitrogens with one attached hydrogen (secondary N) is 1. The number of carbonyl (C=O) groups is 2. The molecule has 1 N–H and O–H groups in total. The van der Waals surface area contributed by atoms with E-state index in [0.29, 0.717) is 11.3 Å². The average Bonchev–Trinajstić information content (AvgIpc) is 2.88. The molecule has 0 unspecified atom stereocenters. The van der Waals surface area contributed by atoms with Gasteiger partial charge in [-0.25, -0.2) is 4.79 Å². The predicted molar refractivity (Wildman–Crippen MR) is 78.7 cm³/mol. The summed E-state index contributed by atoms with van der Waals surface area (Å²) >= 11 is 0. The fourth-order valence-corrected chi connectivity index (χ4v) is 2.45. The molecule has 0 aliphatic carbocycles. The molecule has 1 aromatic carbocycles. The maximum Gasteiger partial charge on any atom is 0.408 e. The monoisotopic (exact) mass is 291 g/mol. The summed E-state index contributed by atoms with van der Waals surface area (Å²) in [6.07, 6.45) is 2.66. The number of carbonyl (C=O) groups excluding carboxylic acids is 2. The molecule has 1 fully saturated rings. The minimum atomic E-state index is -0.734. The normalized spacial score (nSPS) is 20.8. The standard InChI is InChI=1S/C16H21NO4/c1-3-4-5-6-13-15(21-16(19)17-13)14(18)11-7-9-12(20-2)10-8-11/h7-10,13,15H,3-6H2,1-2H3,(H,17,19)/t13-,15+/m1/s1. The first-order valence-corrected chi connectivity index (χ1v) is 7.31. The molecule has 1 aromatic rings. The van der Waals surface area contributed by atoms with Crippen LogP contribution in [0.5, 0.6) is 5.75 Å². The maximum atomic E-state index is 12.5. The van der Waals surface area contributed by atoms with Crippen molar-refractivity contribution in [3.63, 3.8) is 0 Å². The molecule has 21 heavy (non-hydrogen) atoms. The van der Waals surface area contributed by atoms with Gasteiger partial charge >= 0.3 is 6.09 Å². The molecule has 1 aliphatic rings. The van der Waals surface area contributed by atoms with Crippen molar-refractivity contribution >= 4 is 11.9 Å². The summed E-state index contributed by atoms with van der Waals surface area (Å²) in [4.78, 5) is 23.9. The molecule has 0 bridgehead atoms. The Balaban J connectivity index is 2.05. The fourth-order valence-electron chi connectivity index (χ4n) is 2.45. The Bertz CT molecular complexity index is 498. The number of amides is 1. The van der Waals surface area contributed by atoms with Crippen LogP contribution in [0.25, 0.3) is 0 Å². The zero-order chi connectivity index (χ0) is 15.2. The summed E-state index contributed by atoms with van der Waals surface area (Å²) in [5, 5.41) is 2.73. The Morgan fingerprint density at radius 3 is 2.62 bits per heavy atom. The topological polar surface area (TPSA) is 64.6 Å². The van der Waals surface area contributed by atoms with Gasteiger partial charge in [-0.15, -0.1) is 0 Å². The van der Waals surface area contributed by atoms with E-state index in [1.54, 1.807) is 31.4 Å². The van der Waals surface area contributed by atoms with Crippen LogP contribution in [0.3, 0.4) is 0 Å². The molecule has 5 nitrogen and oxygen atoms in total. The van der Waals surface area contributed by atoms with Crippen molar-refractivity contribution in [3.05, 3.63) is 29.8 Å². The molecule has 0 spiro atoms. The third-order valence-corrected chi connectivity index (χ3v) is 3.65. The van der Waals surface area contributed by atoms with Gasteiger partial charge in [0.1, 0.15) is 5.75 Å². The van der Waals surface area contributed by atoms with Crippen molar-refractivity contribution in [1.82, 2.24) is 5.32 Å². The molecular formula is C16H21NO4. The number of methoxy groups -OCH3 is 1. The Hall–Kier alpha value is -2.04. The highest BCUT2D eigenvalue weighted by Gasteiger charge is 2.39. The van der Waals surface area contributed by atoms with Crippen molar-refractivity contribution in [2.75, 3.05) is 7.11 Å². The van der Waals surface area contributed by atoms with Crippen molar-refractivity contribution < 1.29 is 19.1 Å². The van der Waals surface area contributed by atoms with Gasteiger partial charge in [0.2, 0.25) is 5.78 Å². The number of ketones is 1. The van der Waals surface area contributed by atoms with E-state index in [1.165, 1.54) is 0 Å². The van der Waals surface area contributed by atoms with Gasteiger partial charge in [0.25, 0.3) is 0 Å². The first-order valence-electron chi connectivity index (χ1n) is 7.31. The van der Waals surface area contributed by atoms with Crippen LogP contribution in [0.1, 0.15) is 43.0 Å². The van der Waals surface area contributed by atoms with E-state index in [-0.39, 0.29) is 11.8 Å². The molecule has 1 aliphatic heterocycles. The lowest BCUT2D eigenvalue weighted by molar-refractivity contribution is 0.0717. The summed E-state index contributed by atoms with van der Waals surface area (Å²) in [5.74, 6) is 0.519. The first kappa shape index (κ1) is 15.4. The molecule has 1 saturated heterocycles. The smallest absolute Gasteiger partial charge is 0.408 e. The largest absolute Gasteiger partial charge is 0.497 e. The quantitative estimate of drug-likeness (QED) is 0.619. The maximum absolute atomic E-state index is 12.5. The molecule has 114 valence electrons. The van der Waals surface area contributed by atoms with E-state index in [4.69, 9.17) is 9.47 Å². The first-order chi connectivity index (χ1) is 10.2. The highest BCUT2D eigenvalue weighted by atomic mass is 16.6. The van der Waals surface area contributed by atoms with Crippen molar-refractivity contribution in [1.29, 1.82) is 0 Å². The highest BCUT2D eigenvalue weighted by molar-refractivity contribution is 6.02. The third-order valence-electron chi connectivity index (χ3n) is 3.65. The molecule has 2 atom stereocenters. The zero-order valence-corrected chi connectivity index (χ0v) is 12.4. The molecule has 1 amide bonds. The predicted octanol–water partition coefficient (Wildman–Crippen LogP) is 2.94. The Morgan fingerprint density at radius 1 is 1.29 bits per heavy atom. The van der Waals surface area contributed by atoms with E-state index < -0.39 is 12.2 Å². The molecule has 2 rings (SSSR count). The molecular weight excluding hydrogens is 270 g/mol. The number of ether oxygens (including phenoxy) is 2. The lowest BCUT2D eigenvalue weighted by Crippen LogP contribution is -2.36. The van der Waals surface area contributed by atoms with Gasteiger partial charge in [-0.1, -0.05) is 26.2 Å². The van der Waals surface area contributed by atoms with Gasteiger partial charge in [0.05, 0.1) is 13.2 Å². The van der Waals surface area contributed by atoms with Gasteiger partial charge in [0.15, 0.2) is 6.10 Å². The van der Waals surface area contributed by atoms with E-state index in [2.05, 4.69) is 12.2 Å². The van der Waals surface area contributed by atoms with Gasteiger partial charge in [-0.3, -0.25) is 4.79 Å². The van der Waals surface area contributed by atoms with Crippen LogP contribution in [0.4, 0.5) is 4.79 Å². The number of rotatable bonds is 7. The summed E-state index contributed by atoms with van der Waals surface area (Å²) in [7, 11) is 1.57. The van der Waals surface area contributed by atoms with Gasteiger partial charge < -0.3 is 14.8 Å². The minimum Gasteiger partial charge on any atom is -0.497 e. The van der Waals surface area contributed by atoms with Crippen LogP contribution in [-0.4, -0.2) is 31.1 Å². The molecule has 5 heteroatoms. The summed E-state index contributed by atoms with van der Waals surface area (Å²) in [5.41, 5.74) is 0.526. The zero-order valence-electron chi connectivity index (χ0n) is 12.4. The minimum absolute atomic E-state index is 0.169. The molecule has 0 radical (unpaired) electrons. The Kier molecular flexibility index (Phi) is 5.20. The number of alkyl carbamates (subject to hydrolysis) is 1. The highest BCUT2D eigenvalue weighted by Crippen LogP contribution is 2.21. The van der Waals surface area contributed by atoms with Crippen molar-refractivity contribution in [2.24, 2.45) is 0 Å². The number of hydrogen-bond acceptors (Lipinski definition) is 4. The van der Waals surface area contributed by atoms with Gasteiger partial charge in [-0.05, 0) is 30.7 Å². The van der Waals surface area contributed by atoms with Crippen LogP contribution >= 0.6 is 0 Å². The third kappa shape index (κ3) is 3.74. The van der Waals surface area contributed by atoms with E-state index in [1.807, 2.05) is 0 Å². The van der Waals surface area contributed by atoms with Gasteiger partial charge in [0, 0.05) is 5.56 Å². The fraction of sp³-hybridized carbons (Fsp3) is 0.500. The molecule has 1 heterocycles. The van der Waals surface area contributed by atoms with Gasteiger partial charge in [-0.2, -0.15) is 0 Å². The van der Waals surface area contributed by atoms with Crippen LogP contribution in [0.2, 0.25) is 0 Å². The van der Waals surface area contributed by atoms with Crippen LogP contribution in [0, 0.1) is 0 Å². The summed E-state index contributed by atoms with van der Waals surface area (Å²) < 4.78 is 10.2. The summed E-state index contributed by atoms with van der Waals surface area (Å²) in [6, 6.07) is 6.60. The van der Waals surface area contributed by atoms with E-state index in [0.717, 1.165) is 25.7 Å². The number of hydrogen-bond donors (Lipinski definition) is 1. The lowest BCUT2D eigenvalue weighted by Gasteiger charge is -2.15. The second-order valence-electron chi connectivity index (χ2n) is 5.17. The summed E-state index contributed by atoms with van der Waals surface area (Å²) in [6.45, 7) is 2.11. The SMILES string of the molecule is CCCCC[C@H]1NC(=O)O[C@@H]1C(=O)c1ccc(OC)cc1. The second kappa shape index (κ2) is 7.11. The van der Waals surface area contributed by atoms with E-state index >= 15 is 0 Å². The van der Waals surface area contributed by atoms with Crippen molar-refractivity contribution in [3.8, 4) is 5.75 Å². The number of benzene rings is 1. The lowest BCUT2D eigenvalue weighted by atomic mass is 9.97. The number of Topliss-reactive ketones (excluding diaryl/α,β-unsaturated/α-hetero) is 1. The Morgan fingerprint density at radius 2 is 2.00 bits per heavy atom. The number of cyclic esters (lactones) is 1. The van der Waals surface area contributed by atoms with Crippen molar-refractivity contribution in [2.45, 2.75) is 44.8 Å². The number of unbranched alkanes of at least 4 members (excludes halogenated alkanes) is 2. The second-order valence-corrected chi connectivity index (χ2v) is 5.17. The van der Waals surface area contributed by atoms with Crippen LogP contribution in [-0.2, 0) is 4.74 Å². The van der Waals surface area contributed by atoms with Crippen LogP contribution < -0.4 is 10.1 Å². The molecule has 0 saturated carbocycles.